The van der Waals surface area contributed by atoms with Gasteiger partial charge in [0.25, 0.3) is 5.91 Å². The summed E-state index contributed by atoms with van der Waals surface area (Å²) in [6.07, 6.45) is 1.38. The van der Waals surface area contributed by atoms with E-state index in [2.05, 4.69) is 10.3 Å². The number of nitrogen functional groups attached to an aromatic ring is 1. The van der Waals surface area contributed by atoms with Gasteiger partial charge in [0, 0.05) is 5.69 Å². The summed E-state index contributed by atoms with van der Waals surface area (Å²) in [6, 6.07) is 6.89. The Morgan fingerprint density at radius 1 is 1.33 bits per heavy atom. The van der Waals surface area contributed by atoms with Crippen LogP contribution in [-0.2, 0) is 0 Å². The number of pyridine rings is 1. The topological polar surface area (TPSA) is 68.0 Å². The van der Waals surface area contributed by atoms with E-state index >= 15 is 0 Å². The highest BCUT2D eigenvalue weighted by molar-refractivity contribution is 6.29. The Hall–Kier alpha value is -2.14. The second-order valence-electron chi connectivity index (χ2n) is 3.56. The minimum absolute atomic E-state index is 0.120. The fourth-order valence-electron chi connectivity index (χ4n) is 1.37. The van der Waals surface area contributed by atoms with Crippen molar-refractivity contribution in [1.29, 1.82) is 0 Å². The molecular weight excluding hydrogens is 257 g/mol. The fraction of sp³-hybridized carbons (Fsp3) is 0. The molecule has 0 aliphatic carbocycles. The quantitative estimate of drug-likeness (QED) is 0.648. The molecule has 0 spiro atoms. The Morgan fingerprint density at radius 2 is 2.11 bits per heavy atom. The molecule has 92 valence electrons. The first-order valence-electron chi connectivity index (χ1n) is 5.04. The smallest absolute Gasteiger partial charge is 0.258 e. The molecule has 1 aromatic carbocycles. The Kier molecular flexibility index (Phi) is 3.43. The highest BCUT2D eigenvalue weighted by Gasteiger charge is 2.12. The van der Waals surface area contributed by atoms with Crippen LogP contribution in [0.3, 0.4) is 0 Å². The van der Waals surface area contributed by atoms with Crippen molar-refractivity contribution in [3.05, 3.63) is 53.1 Å². The highest BCUT2D eigenvalue weighted by atomic mass is 35.5. The van der Waals surface area contributed by atoms with Crippen molar-refractivity contribution >= 4 is 28.9 Å². The summed E-state index contributed by atoms with van der Waals surface area (Å²) in [7, 11) is 0. The first-order chi connectivity index (χ1) is 8.56. The Labute approximate surface area is 108 Å². The monoisotopic (exact) mass is 265 g/mol. The van der Waals surface area contributed by atoms with Crippen LogP contribution in [0.15, 0.2) is 36.5 Å². The number of rotatable bonds is 2. The summed E-state index contributed by atoms with van der Waals surface area (Å²) in [5.74, 6) is -1.23. The van der Waals surface area contributed by atoms with E-state index in [0.717, 1.165) is 6.07 Å². The predicted octanol–water partition coefficient (Wildman–Crippen LogP) is 2.71. The van der Waals surface area contributed by atoms with E-state index < -0.39 is 11.7 Å². The summed E-state index contributed by atoms with van der Waals surface area (Å²) in [6.45, 7) is 0. The maximum atomic E-state index is 13.4. The van der Waals surface area contributed by atoms with Gasteiger partial charge in [0.2, 0.25) is 0 Å². The van der Waals surface area contributed by atoms with Gasteiger partial charge in [-0.25, -0.2) is 9.37 Å². The number of halogens is 2. The average Bonchev–Trinajstić information content (AvgIpc) is 2.35. The second-order valence-corrected chi connectivity index (χ2v) is 3.95. The van der Waals surface area contributed by atoms with Crippen LogP contribution < -0.4 is 11.1 Å². The zero-order valence-electron chi connectivity index (χ0n) is 9.15. The maximum absolute atomic E-state index is 13.4. The number of anilines is 2. The number of nitrogens with one attached hydrogen (secondary N) is 1. The number of carbonyl (C=O) groups is 1. The van der Waals surface area contributed by atoms with Crippen molar-refractivity contribution < 1.29 is 9.18 Å². The number of aromatic nitrogens is 1. The van der Waals surface area contributed by atoms with Crippen molar-refractivity contribution in [2.75, 3.05) is 11.1 Å². The molecule has 0 aliphatic rings. The number of hydrogen-bond donors (Lipinski definition) is 2. The van der Waals surface area contributed by atoms with Crippen LogP contribution in [0.2, 0.25) is 5.15 Å². The van der Waals surface area contributed by atoms with Crippen LogP contribution in [-0.4, -0.2) is 10.9 Å². The van der Waals surface area contributed by atoms with Crippen LogP contribution >= 0.6 is 11.6 Å². The molecule has 4 nitrogen and oxygen atoms in total. The third-order valence-electron chi connectivity index (χ3n) is 2.22. The molecule has 2 aromatic rings. The van der Waals surface area contributed by atoms with E-state index in [-0.39, 0.29) is 5.56 Å². The minimum atomic E-state index is -0.636. The van der Waals surface area contributed by atoms with E-state index in [1.165, 1.54) is 24.4 Å². The molecule has 0 atom stereocenters. The van der Waals surface area contributed by atoms with E-state index in [1.54, 1.807) is 6.07 Å². The zero-order valence-corrected chi connectivity index (χ0v) is 9.91. The Balaban J connectivity index is 2.21. The molecule has 1 aromatic heterocycles. The third kappa shape index (κ3) is 2.75. The van der Waals surface area contributed by atoms with Crippen LogP contribution in [0.4, 0.5) is 15.8 Å². The molecule has 2 rings (SSSR count). The highest BCUT2D eigenvalue weighted by Crippen LogP contribution is 2.15. The average molecular weight is 266 g/mol. The Bertz CT molecular complexity index is 586. The van der Waals surface area contributed by atoms with Gasteiger partial charge in [-0.1, -0.05) is 11.6 Å². The van der Waals surface area contributed by atoms with Crippen molar-refractivity contribution in [3.8, 4) is 0 Å². The number of hydrogen-bond acceptors (Lipinski definition) is 3. The van der Waals surface area contributed by atoms with Crippen molar-refractivity contribution in [2.24, 2.45) is 0 Å². The summed E-state index contributed by atoms with van der Waals surface area (Å²) in [4.78, 5) is 15.6. The summed E-state index contributed by atoms with van der Waals surface area (Å²) in [5, 5.41) is 2.81. The largest absolute Gasteiger partial charge is 0.399 e. The molecule has 0 saturated carbocycles. The van der Waals surface area contributed by atoms with E-state index in [9.17, 15) is 9.18 Å². The van der Waals surface area contributed by atoms with Crippen molar-refractivity contribution in [1.82, 2.24) is 4.98 Å². The van der Waals surface area contributed by atoms with E-state index in [4.69, 9.17) is 17.3 Å². The molecular formula is C12H9ClFN3O. The van der Waals surface area contributed by atoms with Gasteiger partial charge < -0.3 is 11.1 Å². The minimum Gasteiger partial charge on any atom is -0.399 e. The number of carbonyl (C=O) groups excluding carboxylic acids is 1. The summed E-state index contributed by atoms with van der Waals surface area (Å²) in [5.41, 5.74) is 6.12. The zero-order chi connectivity index (χ0) is 13.1. The van der Waals surface area contributed by atoms with Gasteiger partial charge in [0.05, 0.1) is 17.4 Å². The molecule has 18 heavy (non-hydrogen) atoms. The van der Waals surface area contributed by atoms with Gasteiger partial charge in [-0.05, 0) is 30.3 Å². The standard InChI is InChI=1S/C12H9ClFN3O/c13-11-4-2-8(6-16-11)17-12(18)9-5-7(15)1-3-10(9)14/h1-6H,15H2,(H,17,18). The molecule has 0 unspecified atom stereocenters. The SMILES string of the molecule is Nc1ccc(F)c(C(=O)Nc2ccc(Cl)nc2)c1. The van der Waals surface area contributed by atoms with Crippen LogP contribution in [0.1, 0.15) is 10.4 Å². The molecule has 3 N–H and O–H groups in total. The normalized spacial score (nSPS) is 10.1. The molecule has 0 aliphatic heterocycles. The molecule has 1 amide bonds. The van der Waals surface area contributed by atoms with Crippen LogP contribution in [0.25, 0.3) is 0 Å². The van der Waals surface area contributed by atoms with Crippen LogP contribution in [0, 0.1) is 5.82 Å². The molecule has 0 bridgehead atoms. The molecule has 0 fully saturated rings. The number of nitrogens with zero attached hydrogens (tertiary/aromatic N) is 1. The lowest BCUT2D eigenvalue weighted by atomic mass is 10.1. The predicted molar refractivity (Wildman–Crippen MR) is 68.0 cm³/mol. The van der Waals surface area contributed by atoms with Gasteiger partial charge in [0.1, 0.15) is 11.0 Å². The first kappa shape index (κ1) is 12.3. The molecule has 6 heteroatoms. The molecule has 1 heterocycles. The summed E-state index contributed by atoms with van der Waals surface area (Å²) < 4.78 is 13.4. The van der Waals surface area contributed by atoms with Crippen molar-refractivity contribution in [2.45, 2.75) is 0 Å². The first-order valence-corrected chi connectivity index (χ1v) is 5.42. The third-order valence-corrected chi connectivity index (χ3v) is 2.44. The Morgan fingerprint density at radius 3 is 2.78 bits per heavy atom. The van der Waals surface area contributed by atoms with E-state index in [1.807, 2.05) is 0 Å². The van der Waals surface area contributed by atoms with Gasteiger partial charge in [-0.15, -0.1) is 0 Å². The van der Waals surface area contributed by atoms with E-state index in [0.29, 0.717) is 16.5 Å². The number of benzene rings is 1. The van der Waals surface area contributed by atoms with Crippen molar-refractivity contribution in [3.63, 3.8) is 0 Å². The van der Waals surface area contributed by atoms with Crippen LogP contribution in [0.5, 0.6) is 0 Å². The molecule has 0 saturated heterocycles. The van der Waals surface area contributed by atoms with Gasteiger partial charge in [-0.3, -0.25) is 4.79 Å². The molecule has 0 radical (unpaired) electrons. The lowest BCUT2D eigenvalue weighted by Crippen LogP contribution is -2.14. The number of nitrogens with two attached hydrogens (primary N) is 1. The maximum Gasteiger partial charge on any atom is 0.258 e. The van der Waals surface area contributed by atoms with Gasteiger partial charge in [-0.2, -0.15) is 0 Å². The second kappa shape index (κ2) is 5.01. The summed E-state index contributed by atoms with van der Waals surface area (Å²) >= 11 is 5.61. The lowest BCUT2D eigenvalue weighted by Gasteiger charge is -2.06. The fourth-order valence-corrected chi connectivity index (χ4v) is 1.48. The number of amides is 1. The van der Waals surface area contributed by atoms with Gasteiger partial charge >= 0.3 is 0 Å². The lowest BCUT2D eigenvalue weighted by molar-refractivity contribution is 0.102. The van der Waals surface area contributed by atoms with Gasteiger partial charge in [0.15, 0.2) is 0 Å².